The first-order valence-corrected chi connectivity index (χ1v) is 7.27. The van der Waals surface area contributed by atoms with Gasteiger partial charge >= 0.3 is 10.4 Å². The molecule has 0 aromatic carbocycles. The lowest BCUT2D eigenvalue weighted by Crippen LogP contribution is -2.60. The highest BCUT2D eigenvalue weighted by molar-refractivity contribution is 7.80. The number of carbonyl (C=O) groups excluding carboxylic acids is 2. The SMILES string of the molecule is NC(=O)CC1(C(N)=O)CCC2CN1CN2OS(=O)(=O)O. The molecule has 0 aromatic heterocycles. The summed E-state index contributed by atoms with van der Waals surface area (Å²) in [4.78, 5) is 24.5. The van der Waals surface area contributed by atoms with E-state index in [4.69, 9.17) is 16.0 Å². The third kappa shape index (κ3) is 2.76. The zero-order valence-electron chi connectivity index (χ0n) is 10.6. The average molecular weight is 308 g/mol. The molecule has 10 nitrogen and oxygen atoms in total. The zero-order valence-corrected chi connectivity index (χ0v) is 11.4. The zero-order chi connectivity index (χ0) is 15.1. The third-order valence-corrected chi connectivity index (χ3v) is 4.14. The summed E-state index contributed by atoms with van der Waals surface area (Å²) in [5.74, 6) is -1.36. The molecule has 2 saturated heterocycles. The van der Waals surface area contributed by atoms with E-state index >= 15 is 0 Å². The Bertz CT molecular complexity index is 537. The van der Waals surface area contributed by atoms with E-state index < -0.39 is 27.8 Å². The van der Waals surface area contributed by atoms with E-state index in [0.717, 1.165) is 5.06 Å². The Balaban J connectivity index is 2.22. The number of hydroxylamine groups is 2. The summed E-state index contributed by atoms with van der Waals surface area (Å²) in [6.45, 7) is 0.229. The summed E-state index contributed by atoms with van der Waals surface area (Å²) in [7, 11) is -4.64. The fourth-order valence-corrected chi connectivity index (χ4v) is 3.27. The topological polar surface area (TPSA) is 156 Å². The Kier molecular flexibility index (Phi) is 3.73. The molecule has 0 spiro atoms. The second-order valence-corrected chi connectivity index (χ2v) is 6.02. The van der Waals surface area contributed by atoms with E-state index in [9.17, 15) is 18.0 Å². The lowest BCUT2D eigenvalue weighted by atomic mass is 9.82. The number of nitrogens with two attached hydrogens (primary N) is 2. The largest absolute Gasteiger partial charge is 0.413 e. The molecule has 0 radical (unpaired) electrons. The van der Waals surface area contributed by atoms with Crippen LogP contribution in [0, 0.1) is 0 Å². The lowest BCUT2D eigenvalue weighted by molar-refractivity contribution is -0.137. The number of carbonyl (C=O) groups is 2. The Morgan fingerprint density at radius 1 is 1.40 bits per heavy atom. The molecule has 5 N–H and O–H groups in total. The Morgan fingerprint density at radius 2 is 2.05 bits per heavy atom. The molecule has 2 rings (SSSR count). The third-order valence-electron chi connectivity index (χ3n) is 3.76. The van der Waals surface area contributed by atoms with Crippen molar-refractivity contribution in [1.29, 1.82) is 0 Å². The highest BCUT2D eigenvalue weighted by Crippen LogP contribution is 2.37. The van der Waals surface area contributed by atoms with E-state index in [0.29, 0.717) is 13.0 Å². The molecule has 3 atom stereocenters. The number of primary amides is 2. The minimum atomic E-state index is -4.64. The molecule has 3 unspecified atom stereocenters. The molecule has 2 aliphatic heterocycles. The van der Waals surface area contributed by atoms with Crippen molar-refractivity contribution in [2.24, 2.45) is 11.5 Å². The van der Waals surface area contributed by atoms with Gasteiger partial charge in [0.1, 0.15) is 5.54 Å². The molecular weight excluding hydrogens is 292 g/mol. The summed E-state index contributed by atoms with van der Waals surface area (Å²) < 4.78 is 34.7. The fourth-order valence-electron chi connectivity index (χ4n) is 2.86. The molecule has 11 heteroatoms. The van der Waals surface area contributed by atoms with Crippen LogP contribution in [0.3, 0.4) is 0 Å². The van der Waals surface area contributed by atoms with Crippen LogP contribution in [0.4, 0.5) is 0 Å². The van der Waals surface area contributed by atoms with Crippen molar-refractivity contribution < 1.29 is 26.8 Å². The molecule has 114 valence electrons. The van der Waals surface area contributed by atoms with Crippen LogP contribution >= 0.6 is 0 Å². The molecule has 2 heterocycles. The van der Waals surface area contributed by atoms with E-state index in [1.54, 1.807) is 4.90 Å². The smallest absolute Gasteiger partial charge is 0.370 e. The Hall–Kier alpha value is -1.27. The molecule has 0 aromatic rings. The number of hydrogen-bond donors (Lipinski definition) is 3. The van der Waals surface area contributed by atoms with Gasteiger partial charge in [-0.15, -0.1) is 0 Å². The van der Waals surface area contributed by atoms with E-state index in [-0.39, 0.29) is 25.6 Å². The molecule has 2 amide bonds. The summed E-state index contributed by atoms with van der Waals surface area (Å²) in [5, 5.41) is 1.06. The monoisotopic (exact) mass is 308 g/mol. The fraction of sp³-hybridized carbons (Fsp3) is 0.778. The van der Waals surface area contributed by atoms with Gasteiger partial charge in [-0.1, -0.05) is 0 Å². The number of amides is 2. The summed E-state index contributed by atoms with van der Waals surface area (Å²) in [5.41, 5.74) is 9.31. The van der Waals surface area contributed by atoms with Crippen molar-refractivity contribution >= 4 is 22.2 Å². The van der Waals surface area contributed by atoms with Crippen LogP contribution in [0.5, 0.6) is 0 Å². The minimum Gasteiger partial charge on any atom is -0.370 e. The number of hydrogen-bond acceptors (Lipinski definition) is 7. The van der Waals surface area contributed by atoms with Gasteiger partial charge in [-0.25, -0.2) is 0 Å². The van der Waals surface area contributed by atoms with E-state index in [1.165, 1.54) is 0 Å². The predicted molar refractivity (Wildman–Crippen MR) is 64.8 cm³/mol. The molecule has 0 aliphatic carbocycles. The quantitative estimate of drug-likeness (QED) is 0.473. The van der Waals surface area contributed by atoms with Crippen LogP contribution in [0.1, 0.15) is 19.3 Å². The Morgan fingerprint density at radius 3 is 2.55 bits per heavy atom. The van der Waals surface area contributed by atoms with Crippen molar-refractivity contribution in [3.63, 3.8) is 0 Å². The summed E-state index contributed by atoms with van der Waals surface area (Å²) in [6, 6.07) is -0.308. The molecule has 2 bridgehead atoms. The maximum Gasteiger partial charge on any atom is 0.413 e. The van der Waals surface area contributed by atoms with Crippen molar-refractivity contribution in [2.75, 3.05) is 13.2 Å². The van der Waals surface area contributed by atoms with Gasteiger partial charge in [0.25, 0.3) is 0 Å². The standard InChI is InChI=1S/C9H16N4O6S/c10-7(14)3-9(8(11)15)2-1-6-4-12(9)5-13(6)19-20(16,17)18/h6H,1-5H2,(H2,10,14)(H2,11,15)(H,16,17,18). The first-order valence-electron chi connectivity index (χ1n) is 5.91. The van der Waals surface area contributed by atoms with Crippen LogP contribution in [0.15, 0.2) is 0 Å². The van der Waals surface area contributed by atoms with Gasteiger partial charge in [0.15, 0.2) is 0 Å². The van der Waals surface area contributed by atoms with Gasteiger partial charge in [-0.2, -0.15) is 17.8 Å². The predicted octanol–water partition coefficient (Wildman–Crippen LogP) is -2.44. The van der Waals surface area contributed by atoms with Gasteiger partial charge in [0, 0.05) is 6.54 Å². The van der Waals surface area contributed by atoms with E-state index in [2.05, 4.69) is 4.28 Å². The van der Waals surface area contributed by atoms with Crippen molar-refractivity contribution in [1.82, 2.24) is 9.96 Å². The first kappa shape index (κ1) is 15.1. The number of nitrogens with zero attached hydrogens (tertiary/aromatic N) is 2. The van der Waals surface area contributed by atoms with Crippen LogP contribution in [-0.2, 0) is 24.3 Å². The second kappa shape index (κ2) is 4.93. The van der Waals surface area contributed by atoms with Crippen LogP contribution in [0.2, 0.25) is 0 Å². The van der Waals surface area contributed by atoms with Gasteiger partial charge in [-0.05, 0) is 12.8 Å². The van der Waals surface area contributed by atoms with Gasteiger partial charge in [0.2, 0.25) is 11.8 Å². The van der Waals surface area contributed by atoms with E-state index in [1.807, 2.05) is 0 Å². The molecule has 2 aliphatic rings. The summed E-state index contributed by atoms with van der Waals surface area (Å²) >= 11 is 0. The molecule has 2 fully saturated rings. The molecular formula is C9H16N4O6S. The second-order valence-electron chi connectivity index (χ2n) is 5.01. The average Bonchev–Trinajstić information content (AvgIpc) is 2.59. The normalized spacial score (nSPS) is 34.0. The summed E-state index contributed by atoms with van der Waals surface area (Å²) in [6.07, 6.45) is 0.415. The van der Waals surface area contributed by atoms with Crippen LogP contribution in [0.25, 0.3) is 0 Å². The minimum absolute atomic E-state index is 0.0688. The Labute approximate surface area is 115 Å². The van der Waals surface area contributed by atoms with Gasteiger partial charge < -0.3 is 11.5 Å². The van der Waals surface area contributed by atoms with Crippen LogP contribution in [-0.4, -0.2) is 59.5 Å². The van der Waals surface area contributed by atoms with Crippen molar-refractivity contribution in [3.8, 4) is 0 Å². The van der Waals surface area contributed by atoms with Crippen molar-refractivity contribution in [2.45, 2.75) is 30.8 Å². The maximum atomic E-state index is 11.7. The lowest BCUT2D eigenvalue weighted by Gasteiger charge is -2.40. The number of fused-ring (bicyclic) bond motifs is 2. The molecule has 0 saturated carbocycles. The molecule has 20 heavy (non-hydrogen) atoms. The number of rotatable bonds is 5. The first-order chi connectivity index (χ1) is 9.14. The van der Waals surface area contributed by atoms with Crippen LogP contribution < -0.4 is 11.5 Å². The number of piperidine rings is 1. The highest BCUT2D eigenvalue weighted by Gasteiger charge is 2.53. The van der Waals surface area contributed by atoms with Gasteiger partial charge in [0.05, 0.1) is 19.1 Å². The van der Waals surface area contributed by atoms with Gasteiger partial charge in [-0.3, -0.25) is 19.0 Å². The highest BCUT2D eigenvalue weighted by atomic mass is 32.3. The van der Waals surface area contributed by atoms with Crippen molar-refractivity contribution in [3.05, 3.63) is 0 Å². The maximum absolute atomic E-state index is 11.7.